The van der Waals surface area contributed by atoms with Gasteiger partial charge in [-0.15, -0.1) is 0 Å². The lowest BCUT2D eigenvalue weighted by molar-refractivity contribution is -0.385. The van der Waals surface area contributed by atoms with Crippen LogP contribution >= 0.6 is 11.6 Å². The molecule has 0 atom stereocenters. The summed E-state index contributed by atoms with van der Waals surface area (Å²) in [4.78, 5) is 47.5. The number of nitrogens with one attached hydrogen (secondary N) is 1. The fraction of sp³-hybridized carbons (Fsp3) is 0.211. The number of benzene rings is 2. The van der Waals surface area contributed by atoms with Crippen molar-refractivity contribution in [3.8, 4) is 0 Å². The summed E-state index contributed by atoms with van der Waals surface area (Å²) in [6.45, 7) is 0.982. The Balaban J connectivity index is 1.89. The van der Waals surface area contributed by atoms with Crippen LogP contribution in [0.4, 0.5) is 11.4 Å². The molecule has 0 aliphatic heterocycles. The molecular weight excluding hydrogens is 402 g/mol. The summed E-state index contributed by atoms with van der Waals surface area (Å²) in [6.07, 6.45) is 0. The quantitative estimate of drug-likeness (QED) is 0.418. The van der Waals surface area contributed by atoms with Gasteiger partial charge in [0.2, 0.25) is 5.91 Å². The second-order valence-corrected chi connectivity index (χ2v) is 6.60. The zero-order valence-corrected chi connectivity index (χ0v) is 16.4. The van der Waals surface area contributed by atoms with E-state index in [1.807, 2.05) is 19.1 Å². The Hall–Kier alpha value is -3.46. The lowest BCUT2D eigenvalue weighted by Gasteiger charge is -2.17. The summed E-state index contributed by atoms with van der Waals surface area (Å²) >= 11 is 5.69. The van der Waals surface area contributed by atoms with Crippen LogP contribution in [0.25, 0.3) is 0 Å². The molecule has 0 saturated carbocycles. The molecule has 0 saturated heterocycles. The molecule has 1 N–H and O–H groups in total. The smallest absolute Gasteiger partial charge is 0.345 e. The van der Waals surface area contributed by atoms with Gasteiger partial charge in [-0.05, 0) is 31.2 Å². The highest BCUT2D eigenvalue weighted by Gasteiger charge is 2.23. The van der Waals surface area contributed by atoms with Gasteiger partial charge >= 0.3 is 5.97 Å². The molecule has 152 valence electrons. The number of amides is 2. The van der Waals surface area contributed by atoms with Crippen molar-refractivity contribution in [2.45, 2.75) is 6.92 Å². The van der Waals surface area contributed by atoms with Crippen molar-refractivity contribution in [2.24, 2.45) is 0 Å². The maximum Gasteiger partial charge on any atom is 0.345 e. The van der Waals surface area contributed by atoms with Gasteiger partial charge in [-0.1, -0.05) is 29.3 Å². The van der Waals surface area contributed by atoms with E-state index in [4.69, 9.17) is 16.3 Å². The van der Waals surface area contributed by atoms with Gasteiger partial charge in [-0.25, -0.2) is 4.79 Å². The first-order valence-electron chi connectivity index (χ1n) is 8.39. The predicted octanol–water partition coefficient (Wildman–Crippen LogP) is 2.81. The minimum atomic E-state index is -1.04. The van der Waals surface area contributed by atoms with E-state index >= 15 is 0 Å². The summed E-state index contributed by atoms with van der Waals surface area (Å²) in [5.74, 6) is -2.11. The molecule has 0 aliphatic carbocycles. The normalized spacial score (nSPS) is 10.2. The Morgan fingerprint density at radius 3 is 2.45 bits per heavy atom. The second kappa shape index (κ2) is 9.65. The minimum absolute atomic E-state index is 0.0867. The van der Waals surface area contributed by atoms with Crippen molar-refractivity contribution in [3.63, 3.8) is 0 Å². The van der Waals surface area contributed by atoms with Gasteiger partial charge in [-0.3, -0.25) is 19.7 Å². The first-order chi connectivity index (χ1) is 13.7. The first kappa shape index (κ1) is 21.8. The highest BCUT2D eigenvalue weighted by atomic mass is 35.5. The third kappa shape index (κ3) is 6.28. The molecule has 0 aliphatic rings. The number of carbonyl (C=O) groups is 3. The minimum Gasteiger partial charge on any atom is -0.452 e. The third-order valence-electron chi connectivity index (χ3n) is 3.84. The van der Waals surface area contributed by atoms with Crippen molar-refractivity contribution in [3.05, 3.63) is 68.7 Å². The molecule has 2 aromatic carbocycles. The molecule has 2 amide bonds. The Bertz CT molecular complexity index is 945. The van der Waals surface area contributed by atoms with Crippen molar-refractivity contribution >= 4 is 40.8 Å². The average molecular weight is 420 g/mol. The zero-order valence-electron chi connectivity index (χ0n) is 15.7. The fourth-order valence-corrected chi connectivity index (χ4v) is 2.45. The van der Waals surface area contributed by atoms with E-state index in [1.54, 1.807) is 12.1 Å². The Morgan fingerprint density at radius 2 is 1.83 bits per heavy atom. The van der Waals surface area contributed by atoms with E-state index in [9.17, 15) is 24.5 Å². The molecule has 0 heterocycles. The molecule has 0 radical (unpaired) electrons. The lowest BCUT2D eigenvalue weighted by Crippen LogP contribution is -2.37. The molecule has 2 aromatic rings. The van der Waals surface area contributed by atoms with Crippen LogP contribution in [0.1, 0.15) is 15.9 Å². The second-order valence-electron chi connectivity index (χ2n) is 6.16. The molecular formula is C19H18ClN3O6. The average Bonchev–Trinajstić information content (AvgIpc) is 2.67. The monoisotopic (exact) mass is 419 g/mol. The summed E-state index contributed by atoms with van der Waals surface area (Å²) in [7, 11) is 1.37. The largest absolute Gasteiger partial charge is 0.452 e. The highest BCUT2D eigenvalue weighted by molar-refractivity contribution is 6.31. The molecule has 0 bridgehead atoms. The zero-order chi connectivity index (χ0) is 21.6. The van der Waals surface area contributed by atoms with Crippen LogP contribution in [-0.4, -0.2) is 47.8 Å². The predicted molar refractivity (Wildman–Crippen MR) is 106 cm³/mol. The first-order valence-corrected chi connectivity index (χ1v) is 8.76. The van der Waals surface area contributed by atoms with Gasteiger partial charge in [0.1, 0.15) is 5.56 Å². The van der Waals surface area contributed by atoms with E-state index < -0.39 is 35.0 Å². The number of anilines is 1. The molecule has 9 nitrogen and oxygen atoms in total. The number of nitrogens with zero attached hydrogens (tertiary/aromatic N) is 2. The number of hydrogen-bond acceptors (Lipinski definition) is 6. The van der Waals surface area contributed by atoms with Crippen molar-refractivity contribution in [2.75, 3.05) is 25.5 Å². The number of hydrogen-bond donors (Lipinski definition) is 1. The molecule has 29 heavy (non-hydrogen) atoms. The van der Waals surface area contributed by atoms with Gasteiger partial charge < -0.3 is 15.0 Å². The number of carbonyl (C=O) groups excluding carboxylic acids is 3. The molecule has 0 fully saturated rings. The summed E-state index contributed by atoms with van der Waals surface area (Å²) in [5.41, 5.74) is 0.772. The van der Waals surface area contributed by atoms with Crippen LogP contribution in [0, 0.1) is 17.0 Å². The summed E-state index contributed by atoms with van der Waals surface area (Å²) < 4.78 is 4.85. The number of esters is 1. The van der Waals surface area contributed by atoms with Crippen molar-refractivity contribution in [1.82, 2.24) is 4.90 Å². The van der Waals surface area contributed by atoms with E-state index in [0.29, 0.717) is 5.69 Å². The van der Waals surface area contributed by atoms with Crippen LogP contribution in [0.3, 0.4) is 0 Å². The standard InChI is InChI=1S/C19H18ClN3O6/c1-12-3-6-14(7-4-12)21-17(24)10-22(2)18(25)11-29-19(26)15-8-5-13(20)9-16(15)23(27)28/h3-9H,10-11H2,1-2H3,(H,21,24). The van der Waals surface area contributed by atoms with Crippen molar-refractivity contribution < 1.29 is 24.0 Å². The molecule has 0 unspecified atom stereocenters. The number of aryl methyl sites for hydroxylation is 1. The van der Waals surface area contributed by atoms with E-state index in [2.05, 4.69) is 5.32 Å². The Kier molecular flexibility index (Phi) is 7.27. The highest BCUT2D eigenvalue weighted by Crippen LogP contribution is 2.23. The lowest BCUT2D eigenvalue weighted by atomic mass is 10.2. The third-order valence-corrected chi connectivity index (χ3v) is 4.08. The summed E-state index contributed by atoms with van der Waals surface area (Å²) in [6, 6.07) is 10.6. The number of nitro benzene ring substituents is 1. The fourth-order valence-electron chi connectivity index (χ4n) is 2.28. The Labute approximate surface area is 171 Å². The van der Waals surface area contributed by atoms with E-state index in [-0.39, 0.29) is 17.1 Å². The van der Waals surface area contributed by atoms with Gasteiger partial charge in [0.05, 0.1) is 11.5 Å². The molecule has 10 heteroatoms. The number of halogens is 1. The Morgan fingerprint density at radius 1 is 1.17 bits per heavy atom. The molecule has 0 aromatic heterocycles. The van der Waals surface area contributed by atoms with Gasteiger partial charge in [0.25, 0.3) is 11.6 Å². The van der Waals surface area contributed by atoms with Gasteiger partial charge in [0.15, 0.2) is 6.61 Å². The van der Waals surface area contributed by atoms with Crippen LogP contribution < -0.4 is 5.32 Å². The number of likely N-dealkylation sites (N-methyl/N-ethyl adjacent to an activating group) is 1. The van der Waals surface area contributed by atoms with Crippen LogP contribution in [0.2, 0.25) is 5.02 Å². The van der Waals surface area contributed by atoms with Crippen LogP contribution in [0.15, 0.2) is 42.5 Å². The molecule has 2 rings (SSSR count). The maximum absolute atomic E-state index is 12.1. The molecule has 0 spiro atoms. The number of rotatable bonds is 7. The SMILES string of the molecule is Cc1ccc(NC(=O)CN(C)C(=O)COC(=O)c2ccc(Cl)cc2[N+](=O)[O-])cc1. The van der Waals surface area contributed by atoms with E-state index in [1.165, 1.54) is 13.1 Å². The maximum atomic E-state index is 12.1. The number of ether oxygens (including phenoxy) is 1. The number of nitro groups is 1. The van der Waals surface area contributed by atoms with Gasteiger partial charge in [-0.2, -0.15) is 0 Å². The van der Waals surface area contributed by atoms with E-state index in [0.717, 1.165) is 22.6 Å². The van der Waals surface area contributed by atoms with Crippen molar-refractivity contribution in [1.29, 1.82) is 0 Å². The summed E-state index contributed by atoms with van der Waals surface area (Å²) in [5, 5.41) is 13.8. The van der Waals surface area contributed by atoms with Crippen LogP contribution in [-0.2, 0) is 14.3 Å². The van der Waals surface area contributed by atoms with Gasteiger partial charge in [0, 0.05) is 23.8 Å². The topological polar surface area (TPSA) is 119 Å². The van der Waals surface area contributed by atoms with Crippen LogP contribution in [0.5, 0.6) is 0 Å².